The number of fused-ring (bicyclic) bond motifs is 1. The summed E-state index contributed by atoms with van der Waals surface area (Å²) >= 11 is 0. The highest BCUT2D eigenvalue weighted by Gasteiger charge is 2.43. The normalized spacial score (nSPS) is 20.4. The van der Waals surface area contributed by atoms with Crippen molar-refractivity contribution in [3.05, 3.63) is 65.2 Å². The molecule has 1 fully saturated rings. The molecule has 1 spiro atoms. The summed E-state index contributed by atoms with van der Waals surface area (Å²) in [7, 11) is 2.16. The molecule has 4 nitrogen and oxygen atoms in total. The first kappa shape index (κ1) is 20.9. The molecule has 0 aromatic heterocycles. The molecule has 0 aliphatic carbocycles. The van der Waals surface area contributed by atoms with Gasteiger partial charge in [0.2, 0.25) is 5.91 Å². The number of likely N-dealkylation sites (tertiary alicyclic amines) is 1. The Labute approximate surface area is 180 Å². The van der Waals surface area contributed by atoms with E-state index < -0.39 is 0 Å². The Bertz CT molecular complexity index is 854. The van der Waals surface area contributed by atoms with Gasteiger partial charge in [0.1, 0.15) is 11.4 Å². The van der Waals surface area contributed by atoms with Crippen LogP contribution in [0.5, 0.6) is 5.75 Å². The number of carbonyl (C=O) groups is 1. The standard InChI is InChI=1S/C26H34N2O2/c1-3-4-7-20-10-12-21(13-11-20)18-25(29)27-23-19-26(14-16-28(2)17-15-26)30-24-9-6-5-8-22(23)24/h5-6,8-13,23H,3-4,7,14-19H2,1-2H3,(H,27,29). The minimum absolute atomic E-state index is 0.00897. The summed E-state index contributed by atoms with van der Waals surface area (Å²) in [6.45, 7) is 4.28. The van der Waals surface area contributed by atoms with E-state index in [9.17, 15) is 4.79 Å². The largest absolute Gasteiger partial charge is 0.487 e. The Morgan fingerprint density at radius 1 is 1.10 bits per heavy atom. The Morgan fingerprint density at radius 3 is 2.53 bits per heavy atom. The molecule has 0 saturated carbocycles. The zero-order valence-corrected chi connectivity index (χ0v) is 18.3. The van der Waals surface area contributed by atoms with Gasteiger partial charge >= 0.3 is 0 Å². The number of nitrogens with zero attached hydrogens (tertiary/aromatic N) is 1. The zero-order valence-electron chi connectivity index (χ0n) is 18.3. The van der Waals surface area contributed by atoms with Crippen LogP contribution in [-0.2, 0) is 17.6 Å². The van der Waals surface area contributed by atoms with Gasteiger partial charge in [0.25, 0.3) is 0 Å². The molecule has 4 heteroatoms. The van der Waals surface area contributed by atoms with Crippen molar-refractivity contribution < 1.29 is 9.53 Å². The van der Waals surface area contributed by atoms with Gasteiger partial charge in [-0.15, -0.1) is 0 Å². The number of rotatable bonds is 6. The fraction of sp³-hybridized carbons (Fsp3) is 0.500. The molecule has 160 valence electrons. The van der Waals surface area contributed by atoms with Gasteiger partial charge in [0, 0.05) is 25.1 Å². The van der Waals surface area contributed by atoms with Crippen molar-refractivity contribution in [2.75, 3.05) is 20.1 Å². The number of hydrogen-bond acceptors (Lipinski definition) is 3. The van der Waals surface area contributed by atoms with E-state index in [0.29, 0.717) is 6.42 Å². The van der Waals surface area contributed by atoms with E-state index >= 15 is 0 Å². The van der Waals surface area contributed by atoms with Crippen molar-refractivity contribution in [1.29, 1.82) is 0 Å². The first-order valence-corrected chi connectivity index (χ1v) is 11.4. The number of unbranched alkanes of at least 4 members (excludes halogenated alkanes) is 1. The Hall–Kier alpha value is -2.33. The van der Waals surface area contributed by atoms with Crippen LogP contribution in [-0.4, -0.2) is 36.5 Å². The summed E-state index contributed by atoms with van der Waals surface area (Å²) in [5.41, 5.74) is 3.36. The molecule has 1 amide bonds. The summed E-state index contributed by atoms with van der Waals surface area (Å²) in [4.78, 5) is 15.3. The van der Waals surface area contributed by atoms with Crippen LogP contribution in [0.4, 0.5) is 0 Å². The number of aryl methyl sites for hydroxylation is 1. The van der Waals surface area contributed by atoms with E-state index in [1.807, 2.05) is 18.2 Å². The lowest BCUT2D eigenvalue weighted by atomic mass is 9.80. The smallest absolute Gasteiger partial charge is 0.224 e. The van der Waals surface area contributed by atoms with Crippen LogP contribution in [0.25, 0.3) is 0 Å². The lowest BCUT2D eigenvalue weighted by molar-refractivity contribution is -0.122. The SMILES string of the molecule is CCCCc1ccc(CC(=O)NC2CC3(CCN(C)CC3)Oc3ccccc32)cc1. The molecule has 2 heterocycles. The van der Waals surface area contributed by atoms with E-state index in [-0.39, 0.29) is 17.6 Å². The molecule has 1 unspecified atom stereocenters. The van der Waals surface area contributed by atoms with Crippen LogP contribution in [0.15, 0.2) is 48.5 Å². The van der Waals surface area contributed by atoms with E-state index in [2.05, 4.69) is 54.5 Å². The van der Waals surface area contributed by atoms with Gasteiger partial charge in [-0.05, 0) is 49.9 Å². The molecular weight excluding hydrogens is 372 g/mol. The topological polar surface area (TPSA) is 41.6 Å². The molecule has 2 aliphatic heterocycles. The maximum atomic E-state index is 12.9. The van der Waals surface area contributed by atoms with Crippen LogP contribution in [0, 0.1) is 0 Å². The van der Waals surface area contributed by atoms with Gasteiger partial charge < -0.3 is 15.0 Å². The number of amides is 1. The monoisotopic (exact) mass is 406 g/mol. The van der Waals surface area contributed by atoms with E-state index in [0.717, 1.165) is 55.6 Å². The predicted octanol–water partition coefficient (Wildman–Crippen LogP) is 4.68. The molecular formula is C26H34N2O2. The van der Waals surface area contributed by atoms with E-state index in [4.69, 9.17) is 4.74 Å². The van der Waals surface area contributed by atoms with Crippen molar-refractivity contribution in [2.45, 2.75) is 63.5 Å². The first-order chi connectivity index (χ1) is 14.6. The Morgan fingerprint density at radius 2 is 1.80 bits per heavy atom. The molecule has 1 N–H and O–H groups in total. The Balaban J connectivity index is 1.44. The van der Waals surface area contributed by atoms with Crippen molar-refractivity contribution in [3.8, 4) is 5.75 Å². The third-order valence-corrected chi connectivity index (χ3v) is 6.64. The molecule has 2 aliphatic rings. The molecule has 2 aromatic carbocycles. The first-order valence-electron chi connectivity index (χ1n) is 11.4. The summed E-state index contributed by atoms with van der Waals surface area (Å²) in [6.07, 6.45) is 6.80. The molecule has 0 radical (unpaired) electrons. The fourth-order valence-corrected chi connectivity index (χ4v) is 4.71. The average Bonchev–Trinajstić information content (AvgIpc) is 2.75. The van der Waals surface area contributed by atoms with Gasteiger partial charge in [-0.25, -0.2) is 0 Å². The quantitative estimate of drug-likeness (QED) is 0.758. The van der Waals surface area contributed by atoms with E-state index in [1.54, 1.807) is 0 Å². The van der Waals surface area contributed by atoms with Gasteiger partial charge in [0.05, 0.1) is 12.5 Å². The van der Waals surface area contributed by atoms with Crippen LogP contribution in [0.2, 0.25) is 0 Å². The zero-order chi connectivity index (χ0) is 21.0. The maximum absolute atomic E-state index is 12.9. The number of benzene rings is 2. The maximum Gasteiger partial charge on any atom is 0.224 e. The lowest BCUT2D eigenvalue weighted by Gasteiger charge is -2.46. The van der Waals surface area contributed by atoms with Crippen LogP contribution < -0.4 is 10.1 Å². The van der Waals surface area contributed by atoms with E-state index in [1.165, 1.54) is 18.4 Å². The molecule has 30 heavy (non-hydrogen) atoms. The van der Waals surface area contributed by atoms with Gasteiger partial charge in [0.15, 0.2) is 0 Å². The van der Waals surface area contributed by atoms with Crippen LogP contribution in [0.1, 0.15) is 61.8 Å². The average molecular weight is 407 g/mol. The molecule has 2 aromatic rings. The lowest BCUT2D eigenvalue weighted by Crippen LogP contribution is -2.51. The number of nitrogens with one attached hydrogen (secondary N) is 1. The molecule has 0 bridgehead atoms. The number of carbonyl (C=O) groups excluding carboxylic acids is 1. The second-order valence-electron chi connectivity index (χ2n) is 9.05. The minimum atomic E-state index is -0.167. The summed E-state index contributed by atoms with van der Waals surface area (Å²) in [5, 5.41) is 3.32. The van der Waals surface area contributed by atoms with Crippen molar-refractivity contribution in [1.82, 2.24) is 10.2 Å². The van der Waals surface area contributed by atoms with Crippen molar-refractivity contribution >= 4 is 5.91 Å². The number of hydrogen-bond donors (Lipinski definition) is 1. The highest BCUT2D eigenvalue weighted by molar-refractivity contribution is 5.79. The van der Waals surface area contributed by atoms with Crippen molar-refractivity contribution in [2.24, 2.45) is 0 Å². The predicted molar refractivity (Wildman–Crippen MR) is 121 cm³/mol. The number of para-hydroxylation sites is 1. The second-order valence-corrected chi connectivity index (χ2v) is 9.05. The highest BCUT2D eigenvalue weighted by Crippen LogP contribution is 2.44. The Kier molecular flexibility index (Phi) is 6.43. The van der Waals surface area contributed by atoms with Gasteiger partial charge in [-0.2, -0.15) is 0 Å². The number of ether oxygens (including phenoxy) is 1. The van der Waals surface area contributed by atoms with Crippen molar-refractivity contribution in [3.63, 3.8) is 0 Å². The third-order valence-electron chi connectivity index (χ3n) is 6.64. The third kappa shape index (κ3) is 4.86. The summed E-state index contributed by atoms with van der Waals surface area (Å²) in [6, 6.07) is 16.7. The highest BCUT2D eigenvalue weighted by atomic mass is 16.5. The molecule has 1 saturated heterocycles. The van der Waals surface area contributed by atoms with Crippen LogP contribution >= 0.6 is 0 Å². The fourth-order valence-electron chi connectivity index (χ4n) is 4.71. The summed E-state index contributed by atoms with van der Waals surface area (Å²) < 4.78 is 6.51. The molecule has 4 rings (SSSR count). The second kappa shape index (κ2) is 9.22. The van der Waals surface area contributed by atoms with Gasteiger partial charge in [-0.1, -0.05) is 55.8 Å². The summed E-state index contributed by atoms with van der Waals surface area (Å²) in [5.74, 6) is 1.01. The van der Waals surface area contributed by atoms with Gasteiger partial charge in [-0.3, -0.25) is 4.79 Å². The van der Waals surface area contributed by atoms with Crippen LogP contribution in [0.3, 0.4) is 0 Å². The molecule has 1 atom stereocenters. The minimum Gasteiger partial charge on any atom is -0.487 e. The number of piperidine rings is 1.